The van der Waals surface area contributed by atoms with Crippen molar-refractivity contribution >= 4 is 0 Å². The van der Waals surface area contributed by atoms with Crippen LogP contribution in [0.2, 0.25) is 0 Å². The number of rotatable bonds is 1. The van der Waals surface area contributed by atoms with E-state index in [9.17, 15) is 5.11 Å². The van der Waals surface area contributed by atoms with Crippen molar-refractivity contribution in [1.82, 2.24) is 5.32 Å². The molecule has 2 heterocycles. The topological polar surface area (TPSA) is 50.7 Å². The van der Waals surface area contributed by atoms with Gasteiger partial charge in [0.25, 0.3) is 0 Å². The van der Waals surface area contributed by atoms with Crippen molar-refractivity contribution in [1.29, 1.82) is 0 Å². The van der Waals surface area contributed by atoms with Crippen LogP contribution in [0.25, 0.3) is 0 Å². The zero-order chi connectivity index (χ0) is 13.6. The monoisotopic (exact) mass is 275 g/mol. The van der Waals surface area contributed by atoms with Crippen LogP contribution in [-0.4, -0.2) is 24.0 Å². The van der Waals surface area contributed by atoms with Gasteiger partial charge in [-0.3, -0.25) is 0 Å². The molecule has 20 heavy (non-hydrogen) atoms. The van der Waals surface area contributed by atoms with E-state index in [-0.39, 0.29) is 6.04 Å². The molecule has 2 N–H and O–H groups in total. The maximum Gasteiger partial charge on any atom is 0.231 e. The lowest BCUT2D eigenvalue weighted by Gasteiger charge is -2.48. The molecule has 108 valence electrons. The predicted octanol–water partition coefficient (Wildman–Crippen LogP) is 2.37. The largest absolute Gasteiger partial charge is 0.454 e. The molecule has 1 aliphatic carbocycles. The highest BCUT2D eigenvalue weighted by atomic mass is 16.7. The fraction of sp³-hybridized carbons (Fsp3) is 0.625. The van der Waals surface area contributed by atoms with Gasteiger partial charge in [-0.15, -0.1) is 0 Å². The number of nitrogens with one attached hydrogen (secondary N) is 1. The number of hydrogen-bond donors (Lipinski definition) is 2. The van der Waals surface area contributed by atoms with E-state index in [1.54, 1.807) is 0 Å². The van der Waals surface area contributed by atoms with Gasteiger partial charge in [0.15, 0.2) is 11.5 Å². The number of fused-ring (bicyclic) bond motifs is 2. The lowest BCUT2D eigenvalue weighted by atomic mass is 9.67. The fourth-order valence-corrected chi connectivity index (χ4v) is 4.08. The van der Waals surface area contributed by atoms with E-state index in [0.717, 1.165) is 43.7 Å². The SMILES string of the molecule is O[C@@]12CCCC[C@@H]1[C@@H](c1ccc3c(c1)OCO3)NCC2. The van der Waals surface area contributed by atoms with Crippen LogP contribution >= 0.6 is 0 Å². The second-order valence-corrected chi connectivity index (χ2v) is 6.25. The number of hydrogen-bond acceptors (Lipinski definition) is 4. The number of ether oxygens (including phenoxy) is 2. The molecule has 0 aromatic heterocycles. The van der Waals surface area contributed by atoms with E-state index in [4.69, 9.17) is 9.47 Å². The average Bonchev–Trinajstić information content (AvgIpc) is 2.93. The summed E-state index contributed by atoms with van der Waals surface area (Å²) in [5.41, 5.74) is 0.726. The summed E-state index contributed by atoms with van der Waals surface area (Å²) < 4.78 is 10.9. The molecular weight excluding hydrogens is 254 g/mol. The molecule has 0 radical (unpaired) electrons. The van der Waals surface area contributed by atoms with Gasteiger partial charge >= 0.3 is 0 Å². The molecule has 4 nitrogen and oxygen atoms in total. The molecular formula is C16H21NO3. The third-order valence-corrected chi connectivity index (χ3v) is 5.15. The molecule has 1 saturated heterocycles. The zero-order valence-corrected chi connectivity index (χ0v) is 11.6. The molecule has 2 fully saturated rings. The van der Waals surface area contributed by atoms with E-state index < -0.39 is 5.60 Å². The minimum atomic E-state index is -0.482. The van der Waals surface area contributed by atoms with Crippen LogP contribution in [0.15, 0.2) is 18.2 Å². The number of piperidine rings is 1. The van der Waals surface area contributed by atoms with Gasteiger partial charge in [0.1, 0.15) is 0 Å². The van der Waals surface area contributed by atoms with Gasteiger partial charge < -0.3 is 19.9 Å². The Bertz CT molecular complexity index is 514. The van der Waals surface area contributed by atoms with Gasteiger partial charge in [-0.25, -0.2) is 0 Å². The van der Waals surface area contributed by atoms with E-state index in [0.29, 0.717) is 12.7 Å². The Morgan fingerprint density at radius 2 is 2.05 bits per heavy atom. The Labute approximate surface area is 119 Å². The summed E-state index contributed by atoms with van der Waals surface area (Å²) in [6, 6.07) is 6.38. The number of aliphatic hydroxyl groups is 1. The van der Waals surface area contributed by atoms with Crippen LogP contribution in [0, 0.1) is 5.92 Å². The molecule has 0 unspecified atom stereocenters. The number of benzene rings is 1. The summed E-state index contributed by atoms with van der Waals surface area (Å²) in [5.74, 6) is 1.96. The second kappa shape index (κ2) is 4.64. The first-order valence-electron chi connectivity index (χ1n) is 7.62. The van der Waals surface area contributed by atoms with Gasteiger partial charge in [0, 0.05) is 12.0 Å². The molecule has 0 amide bonds. The molecule has 4 heteroatoms. The maximum absolute atomic E-state index is 10.9. The van der Waals surface area contributed by atoms with Crippen molar-refractivity contribution in [2.75, 3.05) is 13.3 Å². The highest BCUT2D eigenvalue weighted by Crippen LogP contribution is 2.46. The van der Waals surface area contributed by atoms with Crippen molar-refractivity contribution in [2.45, 2.75) is 43.7 Å². The summed E-state index contributed by atoms with van der Waals surface area (Å²) >= 11 is 0. The first kappa shape index (κ1) is 12.5. The van der Waals surface area contributed by atoms with E-state index >= 15 is 0 Å². The Morgan fingerprint density at radius 1 is 1.15 bits per heavy atom. The van der Waals surface area contributed by atoms with Crippen molar-refractivity contribution < 1.29 is 14.6 Å². The molecule has 2 aliphatic heterocycles. The van der Waals surface area contributed by atoms with E-state index in [1.165, 1.54) is 12.0 Å². The third kappa shape index (κ3) is 1.90. The molecule has 1 saturated carbocycles. The molecule has 4 rings (SSSR count). The Balaban J connectivity index is 1.66. The minimum Gasteiger partial charge on any atom is -0.454 e. The van der Waals surface area contributed by atoms with Crippen LogP contribution < -0.4 is 14.8 Å². The third-order valence-electron chi connectivity index (χ3n) is 5.15. The fourth-order valence-electron chi connectivity index (χ4n) is 4.08. The smallest absolute Gasteiger partial charge is 0.231 e. The van der Waals surface area contributed by atoms with Crippen molar-refractivity contribution in [3.63, 3.8) is 0 Å². The zero-order valence-electron chi connectivity index (χ0n) is 11.6. The van der Waals surface area contributed by atoms with Crippen LogP contribution in [0.1, 0.15) is 43.7 Å². The first-order valence-corrected chi connectivity index (χ1v) is 7.62. The Kier molecular flexibility index (Phi) is 2.89. The molecule has 0 bridgehead atoms. The molecule has 3 aliphatic rings. The quantitative estimate of drug-likeness (QED) is 0.826. The summed E-state index contributed by atoms with van der Waals surface area (Å²) in [4.78, 5) is 0. The average molecular weight is 275 g/mol. The lowest BCUT2D eigenvalue weighted by molar-refractivity contribution is -0.0861. The van der Waals surface area contributed by atoms with Crippen molar-refractivity contribution in [2.24, 2.45) is 5.92 Å². The molecule has 1 aromatic carbocycles. The van der Waals surface area contributed by atoms with Crippen LogP contribution in [0.5, 0.6) is 11.5 Å². The van der Waals surface area contributed by atoms with Gasteiger partial charge in [0.05, 0.1) is 5.60 Å². The standard InChI is InChI=1S/C16H21NO3/c18-16-6-2-1-3-12(16)15(17-8-7-16)11-4-5-13-14(9-11)20-10-19-13/h4-5,9,12,15,17-18H,1-3,6-8,10H2/t12-,15-,16-/m1/s1. The highest BCUT2D eigenvalue weighted by molar-refractivity contribution is 5.45. The normalized spacial score (nSPS) is 35.6. The first-order chi connectivity index (χ1) is 9.76. The van der Waals surface area contributed by atoms with Crippen LogP contribution in [-0.2, 0) is 0 Å². The molecule has 3 atom stereocenters. The van der Waals surface area contributed by atoms with Crippen molar-refractivity contribution in [3.05, 3.63) is 23.8 Å². The summed E-state index contributed by atoms with van der Waals surface area (Å²) in [6.07, 6.45) is 5.29. The summed E-state index contributed by atoms with van der Waals surface area (Å²) in [7, 11) is 0. The summed E-state index contributed by atoms with van der Waals surface area (Å²) in [5, 5.41) is 14.5. The minimum absolute atomic E-state index is 0.226. The van der Waals surface area contributed by atoms with Gasteiger partial charge in [0.2, 0.25) is 6.79 Å². The van der Waals surface area contributed by atoms with Crippen LogP contribution in [0.4, 0.5) is 0 Å². The Morgan fingerprint density at radius 3 is 3.00 bits per heavy atom. The summed E-state index contributed by atoms with van der Waals surface area (Å²) in [6.45, 7) is 1.19. The van der Waals surface area contributed by atoms with Crippen molar-refractivity contribution in [3.8, 4) is 11.5 Å². The maximum atomic E-state index is 10.9. The van der Waals surface area contributed by atoms with Gasteiger partial charge in [-0.2, -0.15) is 0 Å². The highest BCUT2D eigenvalue weighted by Gasteiger charge is 2.46. The van der Waals surface area contributed by atoms with Crippen LogP contribution in [0.3, 0.4) is 0 Å². The van der Waals surface area contributed by atoms with Gasteiger partial charge in [-0.05, 0) is 43.5 Å². The van der Waals surface area contributed by atoms with E-state index in [1.807, 2.05) is 6.07 Å². The predicted molar refractivity (Wildman–Crippen MR) is 74.8 cm³/mol. The van der Waals surface area contributed by atoms with Gasteiger partial charge in [-0.1, -0.05) is 18.9 Å². The molecule has 0 spiro atoms. The van der Waals surface area contributed by atoms with E-state index in [2.05, 4.69) is 17.4 Å². The Hall–Kier alpha value is -1.26. The lowest BCUT2D eigenvalue weighted by Crippen LogP contribution is -2.53. The molecule has 1 aromatic rings. The second-order valence-electron chi connectivity index (χ2n) is 6.25.